The molecule has 1 aliphatic rings. The second-order valence-corrected chi connectivity index (χ2v) is 7.34. The van der Waals surface area contributed by atoms with Gasteiger partial charge in [0.1, 0.15) is 5.69 Å². The molecule has 2 aromatic rings. The van der Waals surface area contributed by atoms with E-state index in [1.165, 1.54) is 4.88 Å². The van der Waals surface area contributed by atoms with Gasteiger partial charge in [-0.3, -0.25) is 14.8 Å². The minimum atomic E-state index is -0.134. The molecule has 7 heteroatoms. The average Bonchev–Trinajstić information content (AvgIpc) is 3.09. The summed E-state index contributed by atoms with van der Waals surface area (Å²) in [5.41, 5.74) is 2.66. The van der Waals surface area contributed by atoms with Crippen LogP contribution in [0.3, 0.4) is 0 Å². The summed E-state index contributed by atoms with van der Waals surface area (Å²) in [6.07, 6.45) is 0.947. The molecule has 0 aliphatic carbocycles. The van der Waals surface area contributed by atoms with Gasteiger partial charge in [0.25, 0.3) is 5.91 Å². The van der Waals surface area contributed by atoms with Gasteiger partial charge >= 0.3 is 0 Å². The third-order valence-corrected chi connectivity index (χ3v) is 5.06. The molecule has 0 unspecified atom stereocenters. The number of thiazole rings is 1. The molecule has 3 heterocycles. The molecule has 0 aromatic carbocycles. The normalized spacial score (nSPS) is 15.0. The van der Waals surface area contributed by atoms with Gasteiger partial charge in [-0.2, -0.15) is 5.10 Å². The summed E-state index contributed by atoms with van der Waals surface area (Å²) in [6.45, 7) is 8.75. The lowest BCUT2D eigenvalue weighted by atomic mass is 10.1. The molecule has 124 valence electrons. The Bertz CT molecular complexity index is 718. The minimum absolute atomic E-state index is 0.134. The van der Waals surface area contributed by atoms with Crippen molar-refractivity contribution in [2.75, 3.05) is 18.9 Å². The third kappa shape index (κ3) is 3.30. The number of nitrogens with zero attached hydrogens (tertiary/aromatic N) is 4. The van der Waals surface area contributed by atoms with E-state index in [0.29, 0.717) is 23.3 Å². The summed E-state index contributed by atoms with van der Waals surface area (Å²) in [6, 6.07) is 1.88. The predicted molar refractivity (Wildman–Crippen MR) is 92.1 cm³/mol. The quantitative estimate of drug-likeness (QED) is 0.934. The van der Waals surface area contributed by atoms with E-state index < -0.39 is 0 Å². The zero-order chi connectivity index (χ0) is 16.6. The van der Waals surface area contributed by atoms with Crippen molar-refractivity contribution in [2.24, 2.45) is 0 Å². The lowest BCUT2D eigenvalue weighted by Gasteiger charge is -2.20. The summed E-state index contributed by atoms with van der Waals surface area (Å²) in [5, 5.41) is 8.13. The molecule has 0 spiro atoms. The highest BCUT2D eigenvalue weighted by Gasteiger charge is 2.21. The highest BCUT2D eigenvalue weighted by atomic mass is 32.1. The highest BCUT2D eigenvalue weighted by molar-refractivity contribution is 7.15. The summed E-state index contributed by atoms with van der Waals surface area (Å²) in [4.78, 5) is 20.7. The lowest BCUT2D eigenvalue weighted by Crippen LogP contribution is -2.25. The van der Waals surface area contributed by atoms with E-state index in [2.05, 4.69) is 41.2 Å². The maximum atomic E-state index is 12.6. The van der Waals surface area contributed by atoms with E-state index in [4.69, 9.17) is 0 Å². The van der Waals surface area contributed by atoms with Gasteiger partial charge < -0.3 is 4.90 Å². The smallest absolute Gasteiger partial charge is 0.275 e. The Balaban J connectivity index is 1.79. The van der Waals surface area contributed by atoms with Crippen LogP contribution in [0.4, 0.5) is 5.13 Å². The molecule has 1 amide bonds. The SMILES string of the molecule is CCn1nc(C(C)C)cc1C(=O)Nc1nc2c(s1)CN(C)CC2. The first-order chi connectivity index (χ1) is 11.0. The van der Waals surface area contributed by atoms with Crippen molar-refractivity contribution in [3.8, 4) is 0 Å². The van der Waals surface area contributed by atoms with Crippen LogP contribution in [0.2, 0.25) is 0 Å². The van der Waals surface area contributed by atoms with Crippen LogP contribution in [0.1, 0.15) is 53.4 Å². The number of hydrogen-bond donors (Lipinski definition) is 1. The van der Waals surface area contributed by atoms with Gasteiger partial charge in [0.15, 0.2) is 5.13 Å². The summed E-state index contributed by atoms with van der Waals surface area (Å²) in [5.74, 6) is 0.169. The number of hydrogen-bond acceptors (Lipinski definition) is 5. The number of anilines is 1. The third-order valence-electron chi connectivity index (χ3n) is 4.07. The molecule has 0 fully saturated rings. The fourth-order valence-corrected chi connectivity index (χ4v) is 3.76. The zero-order valence-electron chi connectivity index (χ0n) is 14.1. The first-order valence-corrected chi connectivity index (χ1v) is 8.85. The Labute approximate surface area is 140 Å². The Hall–Kier alpha value is -1.73. The first kappa shape index (κ1) is 16.1. The van der Waals surface area contributed by atoms with Crippen molar-refractivity contribution < 1.29 is 4.79 Å². The molecule has 0 saturated carbocycles. The Morgan fingerprint density at radius 2 is 2.26 bits per heavy atom. The van der Waals surface area contributed by atoms with E-state index in [-0.39, 0.29) is 5.91 Å². The van der Waals surface area contributed by atoms with Gasteiger partial charge in [0, 0.05) is 30.9 Å². The second kappa shape index (κ2) is 6.41. The molecule has 1 aliphatic heterocycles. The molecule has 1 N–H and O–H groups in total. The molecule has 0 radical (unpaired) electrons. The first-order valence-electron chi connectivity index (χ1n) is 8.04. The van der Waals surface area contributed by atoms with E-state index in [0.717, 1.165) is 30.9 Å². The van der Waals surface area contributed by atoms with Crippen LogP contribution >= 0.6 is 11.3 Å². The Morgan fingerprint density at radius 1 is 1.48 bits per heavy atom. The van der Waals surface area contributed by atoms with Crippen molar-refractivity contribution >= 4 is 22.4 Å². The summed E-state index contributed by atoms with van der Waals surface area (Å²) < 4.78 is 1.76. The molecular weight excluding hydrogens is 310 g/mol. The molecule has 0 atom stereocenters. The fourth-order valence-electron chi connectivity index (χ4n) is 2.68. The van der Waals surface area contributed by atoms with Crippen LogP contribution in [-0.2, 0) is 19.5 Å². The van der Waals surface area contributed by atoms with Crippen LogP contribution in [0.25, 0.3) is 0 Å². The topological polar surface area (TPSA) is 63.1 Å². The van der Waals surface area contributed by atoms with Gasteiger partial charge in [-0.1, -0.05) is 13.8 Å². The van der Waals surface area contributed by atoms with Crippen LogP contribution in [0.5, 0.6) is 0 Å². The predicted octanol–water partition coefficient (Wildman–Crippen LogP) is 2.72. The van der Waals surface area contributed by atoms with Gasteiger partial charge in [0.2, 0.25) is 0 Å². The molecule has 2 aromatic heterocycles. The molecule has 0 bridgehead atoms. The van der Waals surface area contributed by atoms with E-state index in [1.54, 1.807) is 16.0 Å². The van der Waals surface area contributed by atoms with E-state index in [9.17, 15) is 4.79 Å². The van der Waals surface area contributed by atoms with Crippen molar-refractivity contribution in [1.29, 1.82) is 0 Å². The fraction of sp³-hybridized carbons (Fsp3) is 0.562. The summed E-state index contributed by atoms with van der Waals surface area (Å²) in [7, 11) is 2.11. The van der Waals surface area contributed by atoms with Crippen molar-refractivity contribution in [3.05, 3.63) is 28.0 Å². The van der Waals surface area contributed by atoms with Crippen LogP contribution < -0.4 is 5.32 Å². The van der Waals surface area contributed by atoms with Crippen molar-refractivity contribution in [3.63, 3.8) is 0 Å². The maximum absolute atomic E-state index is 12.6. The number of aromatic nitrogens is 3. The number of likely N-dealkylation sites (N-methyl/N-ethyl adjacent to an activating group) is 1. The van der Waals surface area contributed by atoms with Crippen LogP contribution in [0.15, 0.2) is 6.07 Å². The number of nitrogens with one attached hydrogen (secondary N) is 1. The molecular formula is C16H23N5OS. The zero-order valence-corrected chi connectivity index (χ0v) is 14.9. The lowest BCUT2D eigenvalue weighted by molar-refractivity contribution is 0.101. The standard InChI is InChI=1S/C16H23N5OS/c1-5-21-13(8-12(19-21)10(2)3)15(22)18-16-17-11-6-7-20(4)9-14(11)23-16/h8,10H,5-7,9H2,1-4H3,(H,17,18,22). The minimum Gasteiger partial charge on any atom is -0.301 e. The van der Waals surface area contributed by atoms with Gasteiger partial charge in [0.05, 0.1) is 11.4 Å². The molecule has 0 saturated heterocycles. The number of rotatable bonds is 4. The highest BCUT2D eigenvalue weighted by Crippen LogP contribution is 2.28. The second-order valence-electron chi connectivity index (χ2n) is 6.26. The average molecular weight is 333 g/mol. The number of amides is 1. The number of carbonyl (C=O) groups excluding carboxylic acids is 1. The van der Waals surface area contributed by atoms with E-state index >= 15 is 0 Å². The molecule has 23 heavy (non-hydrogen) atoms. The monoisotopic (exact) mass is 333 g/mol. The number of carbonyl (C=O) groups is 1. The van der Waals surface area contributed by atoms with Gasteiger partial charge in [-0.15, -0.1) is 11.3 Å². The van der Waals surface area contributed by atoms with Crippen LogP contribution in [0, 0.1) is 0 Å². The largest absolute Gasteiger partial charge is 0.301 e. The number of fused-ring (bicyclic) bond motifs is 1. The number of aryl methyl sites for hydroxylation is 1. The summed E-state index contributed by atoms with van der Waals surface area (Å²) >= 11 is 1.57. The molecule has 6 nitrogen and oxygen atoms in total. The van der Waals surface area contributed by atoms with Crippen LogP contribution in [-0.4, -0.2) is 39.2 Å². The van der Waals surface area contributed by atoms with Crippen molar-refractivity contribution in [1.82, 2.24) is 19.7 Å². The maximum Gasteiger partial charge on any atom is 0.275 e. The van der Waals surface area contributed by atoms with Gasteiger partial charge in [-0.25, -0.2) is 4.98 Å². The van der Waals surface area contributed by atoms with E-state index in [1.807, 2.05) is 13.0 Å². The molecule has 3 rings (SSSR count). The Kier molecular flexibility index (Phi) is 4.50. The van der Waals surface area contributed by atoms with Crippen molar-refractivity contribution in [2.45, 2.75) is 46.2 Å². The Morgan fingerprint density at radius 3 is 2.96 bits per heavy atom. The van der Waals surface area contributed by atoms with Gasteiger partial charge in [-0.05, 0) is 26.0 Å².